The Balaban J connectivity index is 0.000000207. The number of hydrogen-bond acceptors (Lipinski definition) is 12. The summed E-state index contributed by atoms with van der Waals surface area (Å²) in [7, 11) is -5.70. The Morgan fingerprint density at radius 3 is 1.08 bits per heavy atom. The third-order valence-electron chi connectivity index (χ3n) is 15.7. The van der Waals surface area contributed by atoms with Crippen molar-refractivity contribution in [2.75, 3.05) is 18.6 Å². The van der Waals surface area contributed by atoms with Crippen LogP contribution in [0.5, 0.6) is 0 Å². The maximum absolute atomic E-state index is 12.8. The molecular weight excluding hydrogens is 1250 g/mol. The lowest BCUT2D eigenvalue weighted by molar-refractivity contribution is -0.120. The minimum atomic E-state index is -2.85. The van der Waals surface area contributed by atoms with Crippen LogP contribution in [0, 0.1) is 0 Å². The molecule has 14 nitrogen and oxygen atoms in total. The minimum Gasteiger partial charge on any atom is -0.405 e. The van der Waals surface area contributed by atoms with Crippen molar-refractivity contribution >= 4 is 154 Å². The number of nitrogens with zero attached hydrogens (tertiary/aromatic N) is 4. The number of rotatable bonds is 10. The molecule has 10 rings (SSSR count). The van der Waals surface area contributed by atoms with Crippen molar-refractivity contribution in [1.29, 1.82) is 0 Å². The van der Waals surface area contributed by atoms with Gasteiger partial charge < -0.3 is 39.9 Å². The molecule has 0 bridgehead atoms. The van der Waals surface area contributed by atoms with Crippen LogP contribution < -0.4 is 52.6 Å². The molecule has 2 amide bonds. The number of amides is 2. The Bertz CT molecular complexity index is 2840. The Kier molecular flexibility index (Phi) is 19.6. The summed E-state index contributed by atoms with van der Waals surface area (Å²) in [5.74, 6) is 0.387. The van der Waals surface area contributed by atoms with Gasteiger partial charge in [0.15, 0.2) is 11.3 Å². The fourth-order valence-electron chi connectivity index (χ4n) is 12.4. The van der Waals surface area contributed by atoms with Crippen LogP contribution in [-0.2, 0) is 18.4 Å². The van der Waals surface area contributed by atoms with E-state index < -0.39 is 59.4 Å². The molecule has 0 aromatic heterocycles. The molecule has 2 spiro atoms. The molecule has 24 heteroatoms. The van der Waals surface area contributed by atoms with Crippen LogP contribution >= 0.6 is 92.8 Å². The topological polar surface area (TPSA) is 156 Å². The lowest BCUT2D eigenvalue weighted by Crippen LogP contribution is -2.72. The summed E-state index contributed by atoms with van der Waals surface area (Å²) in [6.45, 7) is 26.3. The second-order valence-electron chi connectivity index (χ2n) is 23.0. The molecule has 6 aliphatic rings. The van der Waals surface area contributed by atoms with Gasteiger partial charge in [0.2, 0.25) is 11.9 Å². The van der Waals surface area contributed by atoms with E-state index in [4.69, 9.17) is 112 Å². The van der Waals surface area contributed by atoms with Crippen molar-refractivity contribution in [2.24, 2.45) is 9.98 Å². The van der Waals surface area contributed by atoms with Crippen molar-refractivity contribution in [3.63, 3.8) is 0 Å². The van der Waals surface area contributed by atoms with Crippen molar-refractivity contribution in [2.45, 2.75) is 121 Å². The predicted molar refractivity (Wildman–Crippen MR) is 348 cm³/mol. The first-order valence-electron chi connectivity index (χ1n) is 27.0. The number of halogens is 8. The zero-order valence-corrected chi connectivity index (χ0v) is 55.3. The molecule has 0 saturated carbocycles. The van der Waals surface area contributed by atoms with E-state index in [-0.39, 0.29) is 52.8 Å². The molecule has 2 fully saturated rings. The monoisotopic (exact) mass is 1320 g/mol. The average molecular weight is 1320 g/mol. The van der Waals surface area contributed by atoms with Gasteiger partial charge in [-0.15, -0.1) is 23.2 Å². The number of carbonyl (C=O) groups excluding carboxylic acids is 2. The number of guanidine groups is 2. The third kappa shape index (κ3) is 12.6. The van der Waals surface area contributed by atoms with Crippen LogP contribution in [0.2, 0.25) is 10.1 Å². The first-order valence-corrected chi connectivity index (χ1v) is 34.1. The van der Waals surface area contributed by atoms with Crippen LogP contribution in [0.15, 0.2) is 180 Å². The quantitative estimate of drug-likeness (QED) is 0.0515. The van der Waals surface area contributed by atoms with E-state index in [9.17, 15) is 9.59 Å². The van der Waals surface area contributed by atoms with Gasteiger partial charge in [0, 0.05) is 0 Å². The SMILES string of the molecule is C=C1N[C@H]2[C@H](CO[Si](c3ccccc3)(c3ccccc3)C(C)(C)C)N=C(NC(=O)C(Cl)(Cl)Cl)N3[C@@H](C)C=C[C@]23N1.C=C1N[C@H]2[C@H](CO[Si](c3ccccc3)(c3ccccc3)C(C)(C)C)N=C(NC(=O)C(Cl)(Cl)Cl)N3[C@H](C)C=C[C@]23N1.ClCCl. The van der Waals surface area contributed by atoms with Crippen LogP contribution in [-0.4, -0.2) is 124 Å². The second kappa shape index (κ2) is 25.1. The molecule has 6 N–H and O–H groups in total. The molecule has 444 valence electrons. The standard InChI is InChI=1S/2C29H34Cl3N5O2Si.CH2Cl2/c2*1-19-16-17-28-24(33-20(2)36-28)23(34-26(37(19)28)35-25(38)29(30,31)32)18-39-40(27(3,4)5,21-12-8-6-9-13-21)22-14-10-7-11-15-22;2-1-3/h2*6-17,19,23-24,33,36H,2,18H2,1,3-5H3,(H,34,35,38);1H2/t19-,23+,24+,28-;19-,23-,24-,28+;/m10./s1. The van der Waals surface area contributed by atoms with Gasteiger partial charge in [0.05, 0.1) is 54.4 Å². The van der Waals surface area contributed by atoms with Gasteiger partial charge in [0.1, 0.15) is 12.1 Å². The first-order chi connectivity index (χ1) is 39.0. The summed E-state index contributed by atoms with van der Waals surface area (Å²) in [6.07, 6.45) is 8.28. The smallest absolute Gasteiger partial charge is 0.278 e. The highest BCUT2D eigenvalue weighted by Gasteiger charge is 2.62. The summed E-state index contributed by atoms with van der Waals surface area (Å²) >= 11 is 45.1. The molecule has 83 heavy (non-hydrogen) atoms. The van der Waals surface area contributed by atoms with Crippen molar-refractivity contribution in [3.8, 4) is 0 Å². The van der Waals surface area contributed by atoms with Gasteiger partial charge in [-0.25, -0.2) is 9.98 Å². The summed E-state index contributed by atoms with van der Waals surface area (Å²) in [4.78, 5) is 39.6. The van der Waals surface area contributed by atoms with Gasteiger partial charge in [-0.05, 0) is 56.8 Å². The van der Waals surface area contributed by atoms with Crippen molar-refractivity contribution in [1.82, 2.24) is 41.7 Å². The molecule has 2 saturated heterocycles. The van der Waals surface area contributed by atoms with Gasteiger partial charge in [-0.3, -0.25) is 20.2 Å². The number of carbonyl (C=O) groups is 2. The fourth-order valence-corrected chi connectivity index (χ4v) is 21.9. The molecule has 0 radical (unpaired) electrons. The largest absolute Gasteiger partial charge is 0.405 e. The molecule has 0 unspecified atom stereocenters. The zero-order chi connectivity index (χ0) is 60.6. The molecule has 6 heterocycles. The van der Waals surface area contributed by atoms with Crippen molar-refractivity contribution in [3.05, 3.63) is 170 Å². The third-order valence-corrected chi connectivity index (χ3v) is 26.8. The van der Waals surface area contributed by atoms with E-state index in [1.807, 2.05) is 47.9 Å². The van der Waals surface area contributed by atoms with Gasteiger partial charge in [-0.1, -0.05) is 258 Å². The first kappa shape index (κ1) is 64.6. The fraction of sp³-hybridized carbons (Fsp3) is 0.390. The second-order valence-corrected chi connectivity index (χ2v) is 37.0. The summed E-state index contributed by atoms with van der Waals surface area (Å²) in [5, 5.41) is 23.9. The van der Waals surface area contributed by atoms with E-state index in [0.717, 1.165) is 0 Å². The molecule has 0 aliphatic carbocycles. The van der Waals surface area contributed by atoms with Crippen LogP contribution in [0.25, 0.3) is 0 Å². The zero-order valence-electron chi connectivity index (χ0n) is 47.3. The Hall–Kier alpha value is -4.41. The van der Waals surface area contributed by atoms with Crippen LogP contribution in [0.3, 0.4) is 0 Å². The number of nitrogens with one attached hydrogen (secondary N) is 6. The Labute approximate surface area is 529 Å². The molecule has 4 aromatic carbocycles. The van der Waals surface area contributed by atoms with E-state index in [1.165, 1.54) is 20.7 Å². The lowest BCUT2D eigenvalue weighted by atomic mass is 9.93. The number of benzene rings is 4. The van der Waals surface area contributed by atoms with Gasteiger partial charge >= 0.3 is 0 Å². The van der Waals surface area contributed by atoms with E-state index in [0.29, 0.717) is 23.6 Å². The Morgan fingerprint density at radius 1 is 0.554 bits per heavy atom. The van der Waals surface area contributed by atoms with E-state index in [1.54, 1.807) is 0 Å². The molecule has 8 atom stereocenters. The average Bonchev–Trinajstić information content (AvgIpc) is 1.83. The summed E-state index contributed by atoms with van der Waals surface area (Å²) in [6, 6.07) is 40.3. The highest BCUT2D eigenvalue weighted by Crippen LogP contribution is 2.44. The number of aliphatic imine (C=N–C) groups is 2. The normalized spacial score (nSPS) is 25.3. The van der Waals surface area contributed by atoms with Crippen LogP contribution in [0.1, 0.15) is 55.4 Å². The summed E-state index contributed by atoms with van der Waals surface area (Å²) < 4.78 is 10.2. The maximum atomic E-state index is 12.8. The predicted octanol–water partition coefficient (Wildman–Crippen LogP) is 8.98. The van der Waals surface area contributed by atoms with E-state index in [2.05, 4.69) is 208 Å². The maximum Gasteiger partial charge on any atom is 0.278 e. The lowest BCUT2D eigenvalue weighted by Gasteiger charge is -2.49. The van der Waals surface area contributed by atoms with Crippen LogP contribution in [0.4, 0.5) is 0 Å². The van der Waals surface area contributed by atoms with Gasteiger partial charge in [-0.2, -0.15) is 0 Å². The molecule has 6 aliphatic heterocycles. The van der Waals surface area contributed by atoms with E-state index >= 15 is 0 Å². The Morgan fingerprint density at radius 2 is 0.831 bits per heavy atom. The highest BCUT2D eigenvalue weighted by atomic mass is 35.6. The molecular formula is C59H70Cl8N10O4Si2. The van der Waals surface area contributed by atoms with Gasteiger partial charge in [0.25, 0.3) is 36.0 Å². The minimum absolute atomic E-state index is 0.0873. The number of hydrogen-bond donors (Lipinski definition) is 6. The summed E-state index contributed by atoms with van der Waals surface area (Å²) in [5.41, 5.74) is -1.46. The molecule has 4 aromatic rings. The van der Waals surface area contributed by atoms with Crippen molar-refractivity contribution < 1.29 is 18.4 Å². The number of alkyl halides is 8. The highest BCUT2D eigenvalue weighted by molar-refractivity contribution is 7.00.